The summed E-state index contributed by atoms with van der Waals surface area (Å²) in [5.74, 6) is -0.146. The summed E-state index contributed by atoms with van der Waals surface area (Å²) in [5.41, 5.74) is 3.11. The molecule has 25 heavy (non-hydrogen) atoms. The van der Waals surface area contributed by atoms with Gasteiger partial charge in [-0.15, -0.1) is 0 Å². The first-order valence-electron chi connectivity index (χ1n) is 8.60. The number of hydrogen-bond acceptors (Lipinski definition) is 1. The summed E-state index contributed by atoms with van der Waals surface area (Å²) in [4.78, 5) is 2.35. The molecule has 0 spiro atoms. The van der Waals surface area contributed by atoms with Crippen LogP contribution in [0.5, 0.6) is 0 Å². The van der Waals surface area contributed by atoms with E-state index in [4.69, 9.17) is 11.6 Å². The van der Waals surface area contributed by atoms with Gasteiger partial charge in [-0.05, 0) is 42.3 Å². The topological polar surface area (TPSA) is 8.17 Å². The number of nitrogens with zero attached hydrogens (tertiary/aromatic N) is 2. The minimum Gasteiger partial charge on any atom is -0.350 e. The molecule has 0 unspecified atom stereocenters. The zero-order valence-corrected chi connectivity index (χ0v) is 14.7. The number of halogens is 2. The molecule has 0 saturated heterocycles. The molecule has 4 rings (SSSR count). The van der Waals surface area contributed by atoms with Crippen molar-refractivity contribution in [2.45, 2.75) is 25.6 Å². The molecule has 1 aromatic heterocycles. The van der Waals surface area contributed by atoms with Crippen LogP contribution in [0.3, 0.4) is 0 Å². The molecule has 0 N–H and O–H groups in total. The van der Waals surface area contributed by atoms with Crippen LogP contribution in [0.15, 0.2) is 66.9 Å². The van der Waals surface area contributed by atoms with Crippen LogP contribution in [0, 0.1) is 5.82 Å². The Morgan fingerprint density at radius 2 is 1.88 bits per heavy atom. The quantitative estimate of drug-likeness (QED) is 0.621. The van der Waals surface area contributed by atoms with Crippen molar-refractivity contribution in [1.29, 1.82) is 0 Å². The first-order valence-corrected chi connectivity index (χ1v) is 8.98. The molecule has 0 fully saturated rings. The molecule has 3 aromatic rings. The van der Waals surface area contributed by atoms with Crippen LogP contribution in [0.1, 0.15) is 29.3 Å². The fourth-order valence-electron chi connectivity index (χ4n) is 3.71. The van der Waals surface area contributed by atoms with E-state index in [-0.39, 0.29) is 11.9 Å². The molecule has 0 saturated carbocycles. The van der Waals surface area contributed by atoms with E-state index in [1.807, 2.05) is 30.3 Å². The van der Waals surface area contributed by atoms with Gasteiger partial charge in [0.05, 0.1) is 6.04 Å². The molecular formula is C21H20ClFN2. The fraction of sp³-hybridized carbons (Fsp3) is 0.238. The second-order valence-electron chi connectivity index (χ2n) is 6.50. The molecule has 0 aliphatic carbocycles. The van der Waals surface area contributed by atoms with Gasteiger partial charge in [0.1, 0.15) is 5.82 Å². The first-order chi connectivity index (χ1) is 12.2. The fourth-order valence-corrected chi connectivity index (χ4v) is 3.91. The molecule has 1 aliphatic heterocycles. The molecule has 1 aliphatic rings. The van der Waals surface area contributed by atoms with Crippen LogP contribution in [0.2, 0.25) is 5.02 Å². The number of hydrogen-bond donors (Lipinski definition) is 0. The van der Waals surface area contributed by atoms with Crippen molar-refractivity contribution in [3.63, 3.8) is 0 Å². The molecular weight excluding hydrogens is 335 g/mol. The maximum Gasteiger partial charge on any atom is 0.127 e. The van der Waals surface area contributed by atoms with Crippen molar-refractivity contribution in [3.8, 4) is 0 Å². The zero-order chi connectivity index (χ0) is 17.2. The van der Waals surface area contributed by atoms with Crippen molar-refractivity contribution in [1.82, 2.24) is 9.47 Å². The smallest absolute Gasteiger partial charge is 0.127 e. The van der Waals surface area contributed by atoms with E-state index < -0.39 is 0 Å². The molecule has 0 radical (unpaired) electrons. The van der Waals surface area contributed by atoms with Gasteiger partial charge in [-0.2, -0.15) is 0 Å². The van der Waals surface area contributed by atoms with Crippen LogP contribution in [-0.4, -0.2) is 16.0 Å². The van der Waals surface area contributed by atoms with E-state index in [0.717, 1.165) is 35.7 Å². The largest absolute Gasteiger partial charge is 0.350 e. The summed E-state index contributed by atoms with van der Waals surface area (Å²) in [7, 11) is 0. The van der Waals surface area contributed by atoms with Crippen LogP contribution in [0.4, 0.5) is 4.39 Å². The van der Waals surface area contributed by atoms with Crippen LogP contribution in [0.25, 0.3) is 0 Å². The molecule has 4 heteroatoms. The number of fused-ring (bicyclic) bond motifs is 1. The van der Waals surface area contributed by atoms with Gasteiger partial charge in [0.25, 0.3) is 0 Å². The van der Waals surface area contributed by atoms with Crippen molar-refractivity contribution in [3.05, 3.63) is 94.5 Å². The predicted molar refractivity (Wildman–Crippen MR) is 99.2 cm³/mol. The van der Waals surface area contributed by atoms with Gasteiger partial charge in [0.15, 0.2) is 0 Å². The van der Waals surface area contributed by atoms with E-state index in [9.17, 15) is 4.39 Å². The minimum atomic E-state index is -0.146. The molecule has 1 atom stereocenters. The van der Waals surface area contributed by atoms with Gasteiger partial charge in [-0.1, -0.05) is 41.9 Å². The Bertz CT molecular complexity index is 874. The summed E-state index contributed by atoms with van der Waals surface area (Å²) in [6.45, 7) is 2.47. The second kappa shape index (κ2) is 7.03. The third-order valence-electron chi connectivity index (χ3n) is 4.85. The number of benzene rings is 2. The Hall–Kier alpha value is -2.10. The number of rotatable bonds is 3. The summed E-state index contributed by atoms with van der Waals surface area (Å²) >= 11 is 6.25. The number of aromatic nitrogens is 1. The predicted octanol–water partition coefficient (Wildman–Crippen LogP) is 5.28. The molecule has 0 amide bonds. The van der Waals surface area contributed by atoms with Gasteiger partial charge in [-0.25, -0.2) is 4.39 Å². The highest BCUT2D eigenvalue weighted by Gasteiger charge is 2.28. The molecule has 128 valence electrons. The lowest BCUT2D eigenvalue weighted by molar-refractivity contribution is 0.217. The first kappa shape index (κ1) is 16.4. The lowest BCUT2D eigenvalue weighted by atomic mass is 10.0. The van der Waals surface area contributed by atoms with Gasteiger partial charge >= 0.3 is 0 Å². The maximum atomic E-state index is 14.2. The van der Waals surface area contributed by atoms with Crippen molar-refractivity contribution in [2.24, 2.45) is 0 Å². The molecule has 2 heterocycles. The second-order valence-corrected chi connectivity index (χ2v) is 6.94. The Morgan fingerprint density at radius 3 is 2.72 bits per heavy atom. The zero-order valence-electron chi connectivity index (χ0n) is 13.9. The average molecular weight is 355 g/mol. The van der Waals surface area contributed by atoms with Gasteiger partial charge in [0.2, 0.25) is 0 Å². The van der Waals surface area contributed by atoms with Crippen LogP contribution >= 0.6 is 11.6 Å². The third kappa shape index (κ3) is 3.35. The minimum absolute atomic E-state index is 0.0656. The molecule has 0 bridgehead atoms. The summed E-state index contributed by atoms with van der Waals surface area (Å²) < 4.78 is 16.5. The summed E-state index contributed by atoms with van der Waals surface area (Å²) in [6.07, 6.45) is 3.16. The summed E-state index contributed by atoms with van der Waals surface area (Å²) in [6, 6.07) is 19.3. The average Bonchev–Trinajstić information content (AvgIpc) is 2.98. The molecule has 2 aromatic carbocycles. The Kier molecular flexibility index (Phi) is 4.60. The lowest BCUT2D eigenvalue weighted by Gasteiger charge is -2.31. The Labute approximate surface area is 152 Å². The molecule has 2 nitrogen and oxygen atoms in total. The van der Waals surface area contributed by atoms with E-state index in [1.165, 1.54) is 11.8 Å². The monoisotopic (exact) mass is 354 g/mol. The van der Waals surface area contributed by atoms with Gasteiger partial charge in [0, 0.05) is 42.1 Å². The van der Waals surface area contributed by atoms with Crippen LogP contribution < -0.4 is 0 Å². The highest BCUT2D eigenvalue weighted by molar-refractivity contribution is 6.30. The van der Waals surface area contributed by atoms with Crippen molar-refractivity contribution in [2.75, 3.05) is 6.54 Å². The highest BCUT2D eigenvalue weighted by atomic mass is 35.5. The van der Waals surface area contributed by atoms with Crippen molar-refractivity contribution >= 4 is 11.6 Å². The SMILES string of the molecule is Fc1ccccc1CN1CCCn2cccc2[C@@H]1c1cccc(Cl)c1. The van der Waals surface area contributed by atoms with E-state index >= 15 is 0 Å². The van der Waals surface area contributed by atoms with Gasteiger partial charge < -0.3 is 4.57 Å². The van der Waals surface area contributed by atoms with Crippen LogP contribution in [-0.2, 0) is 13.1 Å². The number of aryl methyl sites for hydroxylation is 1. The lowest BCUT2D eigenvalue weighted by Crippen LogP contribution is -2.29. The van der Waals surface area contributed by atoms with E-state index in [1.54, 1.807) is 6.07 Å². The highest BCUT2D eigenvalue weighted by Crippen LogP contribution is 2.34. The normalized spacial score (nSPS) is 17.9. The standard InChI is InChI=1S/C21H20ClFN2/c22-18-8-3-7-16(14-18)21-20-10-4-11-24(20)12-5-13-25(21)15-17-6-1-2-9-19(17)23/h1-4,6-11,14,21H,5,12-13,15H2/t21-/m0/s1. The summed E-state index contributed by atoms with van der Waals surface area (Å²) in [5, 5.41) is 0.727. The van der Waals surface area contributed by atoms with E-state index in [0.29, 0.717) is 6.54 Å². The Morgan fingerprint density at radius 1 is 1.00 bits per heavy atom. The van der Waals surface area contributed by atoms with Crippen molar-refractivity contribution < 1.29 is 4.39 Å². The maximum absolute atomic E-state index is 14.2. The van der Waals surface area contributed by atoms with Gasteiger partial charge in [-0.3, -0.25) is 4.90 Å². The van der Waals surface area contributed by atoms with E-state index in [2.05, 4.69) is 33.9 Å². The third-order valence-corrected chi connectivity index (χ3v) is 5.09. The Balaban J connectivity index is 1.77.